The summed E-state index contributed by atoms with van der Waals surface area (Å²) in [7, 11) is 0. The number of hydrogen-bond donors (Lipinski definition) is 1. The number of aromatic nitrogens is 3. The molecule has 2 aromatic carbocycles. The van der Waals surface area contributed by atoms with Crippen LogP contribution in [-0.2, 0) is 11.2 Å². The van der Waals surface area contributed by atoms with Gasteiger partial charge in [-0.05, 0) is 43.0 Å². The lowest BCUT2D eigenvalue weighted by molar-refractivity contribution is -0.118. The van der Waals surface area contributed by atoms with Crippen molar-refractivity contribution in [2.75, 3.05) is 12.3 Å². The fourth-order valence-corrected chi connectivity index (χ4v) is 3.74. The van der Waals surface area contributed by atoms with Gasteiger partial charge in [-0.3, -0.25) is 14.2 Å². The number of amides is 1. The number of benzene rings is 2. The summed E-state index contributed by atoms with van der Waals surface area (Å²) in [6, 6.07) is 13.8. The van der Waals surface area contributed by atoms with Crippen LogP contribution >= 0.6 is 11.8 Å². The van der Waals surface area contributed by atoms with Crippen molar-refractivity contribution in [3.63, 3.8) is 0 Å². The quantitative estimate of drug-likeness (QED) is 0.456. The highest BCUT2D eigenvalue weighted by atomic mass is 32.2. The Balaban J connectivity index is 1.62. The summed E-state index contributed by atoms with van der Waals surface area (Å²) in [5, 5.41) is 11.7. The smallest absolute Gasteiger partial charge is 0.216 e. The monoisotopic (exact) mass is 408 g/mol. The van der Waals surface area contributed by atoms with Crippen molar-refractivity contribution >= 4 is 23.5 Å². The molecule has 6 nitrogen and oxygen atoms in total. The number of hydrogen-bond acceptors (Lipinski definition) is 5. The van der Waals surface area contributed by atoms with Crippen LogP contribution in [0.2, 0.25) is 0 Å². The zero-order valence-electron chi connectivity index (χ0n) is 16.8. The molecule has 1 aromatic heterocycles. The average molecular weight is 409 g/mol. The maximum absolute atomic E-state index is 12.6. The van der Waals surface area contributed by atoms with Crippen LogP contribution in [-0.4, -0.2) is 38.8 Å². The molecule has 1 N–H and O–H groups in total. The first-order chi connectivity index (χ1) is 13.9. The molecule has 3 aromatic rings. The molecule has 0 aliphatic heterocycles. The number of rotatable bonds is 8. The molecule has 0 unspecified atom stereocenters. The van der Waals surface area contributed by atoms with Gasteiger partial charge in [0, 0.05) is 19.0 Å². The molecule has 1 amide bonds. The Kier molecular flexibility index (Phi) is 6.82. The maximum Gasteiger partial charge on any atom is 0.216 e. The Morgan fingerprint density at radius 3 is 2.59 bits per heavy atom. The lowest BCUT2D eigenvalue weighted by Crippen LogP contribution is -2.22. The van der Waals surface area contributed by atoms with Gasteiger partial charge in [0.15, 0.2) is 10.9 Å². The maximum atomic E-state index is 12.6. The minimum Gasteiger partial charge on any atom is -0.356 e. The van der Waals surface area contributed by atoms with Crippen LogP contribution in [0.4, 0.5) is 0 Å². The van der Waals surface area contributed by atoms with Crippen LogP contribution in [0.1, 0.15) is 34.0 Å². The molecule has 0 saturated carbocycles. The van der Waals surface area contributed by atoms with Gasteiger partial charge < -0.3 is 5.32 Å². The van der Waals surface area contributed by atoms with Gasteiger partial charge in [0.25, 0.3) is 0 Å². The highest BCUT2D eigenvalue weighted by molar-refractivity contribution is 7.99. The molecule has 3 rings (SSSR count). The molecule has 0 aliphatic rings. The highest BCUT2D eigenvalue weighted by Crippen LogP contribution is 2.23. The van der Waals surface area contributed by atoms with E-state index >= 15 is 0 Å². The van der Waals surface area contributed by atoms with E-state index in [1.54, 1.807) is 6.33 Å². The van der Waals surface area contributed by atoms with Gasteiger partial charge in [0.1, 0.15) is 6.33 Å². The third-order valence-corrected chi connectivity index (χ3v) is 5.48. The molecule has 0 atom stereocenters. The number of thioether (sulfide) groups is 1. The first-order valence-corrected chi connectivity index (χ1v) is 10.4. The van der Waals surface area contributed by atoms with Gasteiger partial charge in [-0.25, -0.2) is 0 Å². The lowest BCUT2D eigenvalue weighted by Gasteiger charge is -2.10. The number of carbonyl (C=O) groups excluding carboxylic acids is 2. The predicted octanol–water partition coefficient (Wildman–Crippen LogP) is 3.54. The van der Waals surface area contributed by atoms with Gasteiger partial charge >= 0.3 is 0 Å². The van der Waals surface area contributed by atoms with Gasteiger partial charge in [0.2, 0.25) is 5.91 Å². The Morgan fingerprint density at radius 2 is 1.86 bits per heavy atom. The van der Waals surface area contributed by atoms with E-state index < -0.39 is 0 Å². The van der Waals surface area contributed by atoms with Crippen LogP contribution in [0.25, 0.3) is 5.69 Å². The van der Waals surface area contributed by atoms with E-state index in [0.717, 1.165) is 28.8 Å². The van der Waals surface area contributed by atoms with Crippen molar-refractivity contribution in [1.29, 1.82) is 0 Å². The normalized spacial score (nSPS) is 10.7. The number of nitrogens with zero attached hydrogens (tertiary/aromatic N) is 3. The van der Waals surface area contributed by atoms with Crippen LogP contribution in [0.3, 0.4) is 0 Å². The highest BCUT2D eigenvalue weighted by Gasteiger charge is 2.13. The second-order valence-electron chi connectivity index (χ2n) is 6.92. The van der Waals surface area contributed by atoms with Crippen LogP contribution in [0.15, 0.2) is 53.9 Å². The Labute approximate surface area is 174 Å². The summed E-state index contributed by atoms with van der Waals surface area (Å²) in [6.07, 6.45) is 2.42. The average Bonchev–Trinajstić information content (AvgIpc) is 3.16. The van der Waals surface area contributed by atoms with E-state index in [9.17, 15) is 9.59 Å². The van der Waals surface area contributed by atoms with Crippen molar-refractivity contribution in [2.24, 2.45) is 0 Å². The molecular formula is C22H24N4O2S. The third-order valence-electron chi connectivity index (χ3n) is 4.54. The molecule has 0 radical (unpaired) electrons. The predicted molar refractivity (Wildman–Crippen MR) is 115 cm³/mol. The van der Waals surface area contributed by atoms with E-state index in [4.69, 9.17) is 0 Å². The minimum atomic E-state index is -0.0393. The summed E-state index contributed by atoms with van der Waals surface area (Å²) in [6.45, 7) is 6.18. The van der Waals surface area contributed by atoms with Crippen LogP contribution in [0.5, 0.6) is 0 Å². The van der Waals surface area contributed by atoms with Crippen molar-refractivity contribution in [3.8, 4) is 5.69 Å². The molecule has 150 valence electrons. The molecule has 7 heteroatoms. The molecule has 29 heavy (non-hydrogen) atoms. The van der Waals surface area contributed by atoms with Gasteiger partial charge in [-0.15, -0.1) is 10.2 Å². The first-order valence-electron chi connectivity index (χ1n) is 9.41. The van der Waals surface area contributed by atoms with E-state index in [0.29, 0.717) is 17.3 Å². The summed E-state index contributed by atoms with van der Waals surface area (Å²) in [5.74, 6) is 0.288. The number of aryl methyl sites for hydroxylation is 2. The van der Waals surface area contributed by atoms with Crippen LogP contribution < -0.4 is 5.32 Å². The number of ketones is 1. The zero-order valence-corrected chi connectivity index (χ0v) is 17.6. The van der Waals surface area contributed by atoms with E-state index in [1.807, 2.05) is 42.7 Å². The molecule has 0 spiro atoms. The van der Waals surface area contributed by atoms with Gasteiger partial charge in [-0.1, -0.05) is 48.2 Å². The summed E-state index contributed by atoms with van der Waals surface area (Å²) in [4.78, 5) is 23.5. The minimum absolute atomic E-state index is 0.0393. The second-order valence-corrected chi connectivity index (χ2v) is 7.86. The van der Waals surface area contributed by atoms with Crippen LogP contribution in [0, 0.1) is 13.8 Å². The van der Waals surface area contributed by atoms with Crippen molar-refractivity contribution in [2.45, 2.75) is 32.3 Å². The summed E-state index contributed by atoms with van der Waals surface area (Å²) in [5.41, 5.74) is 5.05. The van der Waals surface area contributed by atoms with E-state index in [-0.39, 0.29) is 17.4 Å². The number of nitrogens with one attached hydrogen (secondary N) is 1. The second kappa shape index (κ2) is 9.52. The zero-order chi connectivity index (χ0) is 20.8. The summed E-state index contributed by atoms with van der Waals surface area (Å²) < 4.78 is 1.92. The first kappa shape index (κ1) is 20.8. The third kappa shape index (κ3) is 5.54. The Hall–Kier alpha value is -2.93. The van der Waals surface area contributed by atoms with Gasteiger partial charge in [0.05, 0.1) is 11.4 Å². The van der Waals surface area contributed by atoms with Crippen molar-refractivity contribution in [1.82, 2.24) is 20.1 Å². The SMILES string of the molecule is CC(=O)NCCc1ccc(C(=O)CSc2nncn2-c2cc(C)ccc2C)cc1. The molecule has 0 aliphatic carbocycles. The standard InChI is InChI=1S/C22H24N4O2S/c1-15-4-5-16(2)20(12-15)26-14-24-25-22(26)29-13-21(28)19-8-6-18(7-9-19)10-11-23-17(3)27/h4-9,12,14H,10-11,13H2,1-3H3,(H,23,27). The van der Waals surface area contributed by atoms with E-state index in [2.05, 4.69) is 33.7 Å². The fourth-order valence-electron chi connectivity index (χ4n) is 2.92. The molecule has 0 saturated heterocycles. The summed E-state index contributed by atoms with van der Waals surface area (Å²) >= 11 is 1.38. The molecule has 0 fully saturated rings. The molecular weight excluding hydrogens is 384 g/mol. The number of Topliss-reactive ketones (excluding diaryl/α,β-unsaturated/α-hetero) is 1. The molecule has 0 bridgehead atoms. The fraction of sp³-hybridized carbons (Fsp3) is 0.273. The van der Waals surface area contributed by atoms with Crippen molar-refractivity contribution in [3.05, 3.63) is 71.0 Å². The van der Waals surface area contributed by atoms with E-state index in [1.165, 1.54) is 18.7 Å². The Morgan fingerprint density at radius 1 is 1.10 bits per heavy atom. The largest absolute Gasteiger partial charge is 0.356 e. The lowest BCUT2D eigenvalue weighted by atomic mass is 10.1. The van der Waals surface area contributed by atoms with Crippen molar-refractivity contribution < 1.29 is 9.59 Å². The molecule has 1 heterocycles. The Bertz CT molecular complexity index is 1010. The number of carbonyl (C=O) groups is 2. The topological polar surface area (TPSA) is 76.9 Å². The van der Waals surface area contributed by atoms with Gasteiger partial charge in [-0.2, -0.15) is 0 Å².